The van der Waals surface area contributed by atoms with E-state index in [0.29, 0.717) is 6.54 Å². The van der Waals surface area contributed by atoms with Crippen LogP contribution in [0.4, 0.5) is 11.6 Å². The highest BCUT2D eigenvalue weighted by molar-refractivity contribution is 6.03. The minimum atomic E-state index is -0.594. The number of amides is 1. The molecule has 0 saturated heterocycles. The summed E-state index contributed by atoms with van der Waals surface area (Å²) in [7, 11) is 0. The fourth-order valence-electron chi connectivity index (χ4n) is 1.91. The maximum absolute atomic E-state index is 12.2. The molecule has 2 aromatic rings. The third-order valence-corrected chi connectivity index (χ3v) is 2.91. The predicted octanol–water partition coefficient (Wildman–Crippen LogP) is 1.64. The second-order valence-corrected chi connectivity index (χ2v) is 4.55. The maximum Gasteiger partial charge on any atom is 0.311 e. The monoisotopic (exact) mass is 320 g/mol. The van der Waals surface area contributed by atoms with Gasteiger partial charge in [-0.15, -0.1) is 0 Å². The fourth-order valence-corrected chi connectivity index (χ4v) is 1.91. The highest BCUT2D eigenvalue weighted by Crippen LogP contribution is 2.28. The quantitative estimate of drug-likeness (QED) is 0.607. The molecule has 122 valence electrons. The van der Waals surface area contributed by atoms with E-state index in [1.807, 2.05) is 6.92 Å². The maximum atomic E-state index is 12.2. The van der Waals surface area contributed by atoms with Crippen LogP contribution in [0, 0.1) is 10.1 Å². The van der Waals surface area contributed by atoms with Gasteiger partial charge in [-0.3, -0.25) is 20.2 Å². The van der Waals surface area contributed by atoms with Crippen LogP contribution in [0.15, 0.2) is 18.2 Å². The van der Waals surface area contributed by atoms with Crippen molar-refractivity contribution in [1.82, 2.24) is 20.2 Å². The Labute approximate surface area is 131 Å². The number of carbonyl (C=O) groups is 1. The van der Waals surface area contributed by atoms with Crippen molar-refractivity contribution in [2.24, 2.45) is 0 Å². The van der Waals surface area contributed by atoms with E-state index in [9.17, 15) is 14.9 Å². The van der Waals surface area contributed by atoms with Gasteiger partial charge in [-0.2, -0.15) is 0 Å². The third-order valence-electron chi connectivity index (χ3n) is 2.91. The van der Waals surface area contributed by atoms with Gasteiger partial charge < -0.3 is 4.74 Å². The number of ether oxygens (including phenoxy) is 1. The second kappa shape index (κ2) is 7.29. The minimum absolute atomic E-state index is 0.116. The molecule has 0 aliphatic carbocycles. The van der Waals surface area contributed by atoms with Crippen molar-refractivity contribution >= 4 is 17.5 Å². The SMILES string of the molecule is CCCn1nnnc1NC(=O)c1ccc(OCC)c([N+](=O)[O-])c1. The summed E-state index contributed by atoms with van der Waals surface area (Å²) < 4.78 is 6.63. The summed E-state index contributed by atoms with van der Waals surface area (Å²) in [5.74, 6) is -0.235. The van der Waals surface area contributed by atoms with Gasteiger partial charge in [0.2, 0.25) is 5.95 Å². The molecule has 0 atom stereocenters. The average Bonchev–Trinajstić information content (AvgIpc) is 2.95. The Hall–Kier alpha value is -3.04. The molecule has 0 fully saturated rings. The number of nitro groups is 1. The number of benzene rings is 1. The number of aromatic nitrogens is 4. The summed E-state index contributed by atoms with van der Waals surface area (Å²) >= 11 is 0. The van der Waals surface area contributed by atoms with Crippen molar-refractivity contribution < 1.29 is 14.5 Å². The average molecular weight is 320 g/mol. The van der Waals surface area contributed by atoms with E-state index in [0.717, 1.165) is 12.5 Å². The number of aryl methyl sites for hydroxylation is 1. The number of hydrogen-bond acceptors (Lipinski definition) is 7. The third kappa shape index (κ3) is 3.78. The molecule has 1 N–H and O–H groups in total. The fraction of sp³-hybridized carbons (Fsp3) is 0.385. The number of carbonyl (C=O) groups excluding carboxylic acids is 1. The van der Waals surface area contributed by atoms with Gasteiger partial charge in [0, 0.05) is 18.2 Å². The summed E-state index contributed by atoms with van der Waals surface area (Å²) in [6.45, 7) is 4.51. The molecule has 1 aromatic carbocycles. The largest absolute Gasteiger partial charge is 0.487 e. The Morgan fingerprint density at radius 1 is 1.43 bits per heavy atom. The molecule has 0 spiro atoms. The molecule has 10 heteroatoms. The van der Waals surface area contributed by atoms with Gasteiger partial charge >= 0.3 is 5.69 Å². The number of rotatable bonds is 7. The van der Waals surface area contributed by atoms with Crippen molar-refractivity contribution in [2.45, 2.75) is 26.8 Å². The highest BCUT2D eigenvalue weighted by atomic mass is 16.6. The number of nitrogens with zero attached hydrogens (tertiary/aromatic N) is 5. The van der Waals surface area contributed by atoms with Crippen molar-refractivity contribution in [3.63, 3.8) is 0 Å². The van der Waals surface area contributed by atoms with Gasteiger partial charge in [0.05, 0.1) is 11.5 Å². The van der Waals surface area contributed by atoms with Crippen molar-refractivity contribution in [2.75, 3.05) is 11.9 Å². The van der Waals surface area contributed by atoms with Gasteiger partial charge in [0.15, 0.2) is 5.75 Å². The molecule has 10 nitrogen and oxygen atoms in total. The standard InChI is InChI=1S/C13H16N6O4/c1-3-7-18-13(15-16-17-18)14-12(20)9-5-6-11(23-4-2)10(8-9)19(21)22/h5-6,8H,3-4,7H2,1-2H3,(H,14,15,17,20). The zero-order valence-corrected chi connectivity index (χ0v) is 12.7. The van der Waals surface area contributed by atoms with E-state index < -0.39 is 10.8 Å². The molecule has 23 heavy (non-hydrogen) atoms. The Morgan fingerprint density at radius 3 is 2.87 bits per heavy atom. The predicted molar refractivity (Wildman–Crippen MR) is 80.3 cm³/mol. The highest BCUT2D eigenvalue weighted by Gasteiger charge is 2.19. The molecular weight excluding hydrogens is 304 g/mol. The Morgan fingerprint density at radius 2 is 2.22 bits per heavy atom. The molecule has 0 radical (unpaired) electrons. The van der Waals surface area contributed by atoms with Crippen LogP contribution >= 0.6 is 0 Å². The summed E-state index contributed by atoms with van der Waals surface area (Å²) in [6.07, 6.45) is 0.794. The Bertz CT molecular complexity index is 714. The van der Waals surface area contributed by atoms with Gasteiger partial charge in [0.25, 0.3) is 5.91 Å². The lowest BCUT2D eigenvalue weighted by Gasteiger charge is -2.07. The van der Waals surface area contributed by atoms with Gasteiger partial charge in [-0.05, 0) is 35.9 Å². The van der Waals surface area contributed by atoms with Crippen molar-refractivity contribution in [1.29, 1.82) is 0 Å². The lowest BCUT2D eigenvalue weighted by atomic mass is 10.1. The van der Waals surface area contributed by atoms with Crippen LogP contribution < -0.4 is 10.1 Å². The van der Waals surface area contributed by atoms with Crippen LogP contribution in [-0.2, 0) is 6.54 Å². The first-order valence-electron chi connectivity index (χ1n) is 7.05. The van der Waals surface area contributed by atoms with E-state index in [2.05, 4.69) is 20.8 Å². The summed E-state index contributed by atoms with van der Waals surface area (Å²) in [5, 5.41) is 24.6. The lowest BCUT2D eigenvalue weighted by Crippen LogP contribution is -2.17. The van der Waals surface area contributed by atoms with Gasteiger partial charge in [-0.25, -0.2) is 4.68 Å². The zero-order valence-electron chi connectivity index (χ0n) is 12.7. The Kier molecular flexibility index (Phi) is 5.18. The van der Waals surface area contributed by atoms with E-state index in [4.69, 9.17) is 4.74 Å². The number of nitro benzene ring substituents is 1. The number of anilines is 1. The van der Waals surface area contributed by atoms with Crippen LogP contribution in [-0.4, -0.2) is 37.6 Å². The Balaban J connectivity index is 2.23. The lowest BCUT2D eigenvalue weighted by molar-refractivity contribution is -0.385. The molecule has 0 unspecified atom stereocenters. The van der Waals surface area contributed by atoms with Crippen LogP contribution in [0.5, 0.6) is 5.75 Å². The molecule has 1 heterocycles. The molecule has 0 aliphatic heterocycles. The second-order valence-electron chi connectivity index (χ2n) is 4.55. The first kappa shape index (κ1) is 16.3. The van der Waals surface area contributed by atoms with E-state index in [1.165, 1.54) is 16.8 Å². The molecule has 1 aromatic heterocycles. The van der Waals surface area contributed by atoms with Crippen LogP contribution in [0.1, 0.15) is 30.6 Å². The number of hydrogen-bond donors (Lipinski definition) is 1. The minimum Gasteiger partial charge on any atom is -0.487 e. The first-order chi connectivity index (χ1) is 11.1. The van der Waals surface area contributed by atoms with Gasteiger partial charge in [-0.1, -0.05) is 12.0 Å². The summed E-state index contributed by atoms with van der Waals surface area (Å²) in [6, 6.07) is 4.00. The summed E-state index contributed by atoms with van der Waals surface area (Å²) in [4.78, 5) is 22.7. The number of nitrogens with one attached hydrogen (secondary N) is 1. The molecule has 1 amide bonds. The van der Waals surface area contributed by atoms with Crippen LogP contribution in [0.3, 0.4) is 0 Å². The van der Waals surface area contributed by atoms with Crippen LogP contribution in [0.2, 0.25) is 0 Å². The summed E-state index contributed by atoms with van der Waals surface area (Å²) in [5.41, 5.74) is -0.154. The molecular formula is C13H16N6O4. The van der Waals surface area contributed by atoms with E-state index in [-0.39, 0.29) is 29.6 Å². The molecule has 0 aliphatic rings. The first-order valence-corrected chi connectivity index (χ1v) is 7.05. The number of tetrazole rings is 1. The van der Waals surface area contributed by atoms with E-state index in [1.54, 1.807) is 6.92 Å². The zero-order chi connectivity index (χ0) is 16.8. The normalized spacial score (nSPS) is 10.3. The molecule has 0 saturated carbocycles. The van der Waals surface area contributed by atoms with Gasteiger partial charge in [0.1, 0.15) is 0 Å². The topological polar surface area (TPSA) is 125 Å². The van der Waals surface area contributed by atoms with E-state index >= 15 is 0 Å². The van der Waals surface area contributed by atoms with Crippen molar-refractivity contribution in [3.05, 3.63) is 33.9 Å². The molecule has 2 rings (SSSR count). The smallest absolute Gasteiger partial charge is 0.311 e. The molecule has 0 bridgehead atoms. The van der Waals surface area contributed by atoms with Crippen molar-refractivity contribution in [3.8, 4) is 5.75 Å². The van der Waals surface area contributed by atoms with Crippen LogP contribution in [0.25, 0.3) is 0 Å².